The molecule has 6 rings (SSSR count). The Morgan fingerprint density at radius 1 is 0.194 bits per heavy atom. The molecule has 0 atom stereocenters. The quantitative estimate of drug-likeness (QED) is 0.505. The maximum absolute atomic E-state index is 4.94. The van der Waals surface area contributed by atoms with Crippen LogP contribution in [-0.2, 0) is 28.4 Å². The summed E-state index contributed by atoms with van der Waals surface area (Å²) in [4.78, 5) is 0. The number of hydrogen-bond acceptors (Lipinski definition) is 6. The molecule has 0 unspecified atom stereocenters. The van der Waals surface area contributed by atoms with Crippen LogP contribution in [0, 0.1) is 0 Å². The van der Waals surface area contributed by atoms with E-state index in [1.165, 1.54) is 77.0 Å². The minimum atomic E-state index is 0. The third-order valence-corrected chi connectivity index (χ3v) is 4.96. The van der Waals surface area contributed by atoms with E-state index in [2.05, 4.69) is 0 Å². The average Bonchev–Trinajstić information content (AvgIpc) is 3.69. The van der Waals surface area contributed by atoms with Gasteiger partial charge in [-0.3, -0.25) is 0 Å². The van der Waals surface area contributed by atoms with Crippen LogP contribution in [0.1, 0.15) is 77.0 Å². The van der Waals surface area contributed by atoms with Gasteiger partial charge in [0.2, 0.25) is 0 Å². The fraction of sp³-hybridized carbons (Fsp3) is 1.00. The Balaban J connectivity index is 0.000000346. The molecule has 6 nitrogen and oxygen atoms in total. The molecule has 0 amide bonds. The predicted molar refractivity (Wildman–Crippen MR) is 126 cm³/mol. The molecule has 0 bridgehead atoms. The molecule has 0 aromatic heterocycles. The second-order valence-electron chi connectivity index (χ2n) is 7.92. The monoisotopic (exact) mass is 455 g/mol. The smallest absolute Gasteiger partial charge is 0.0466 e. The van der Waals surface area contributed by atoms with Gasteiger partial charge in [-0.25, -0.2) is 0 Å². The van der Waals surface area contributed by atoms with E-state index >= 15 is 0 Å². The van der Waals surface area contributed by atoms with Gasteiger partial charge in [0.15, 0.2) is 0 Å². The summed E-state index contributed by atoms with van der Waals surface area (Å²) in [6.45, 7) is 12.0. The third-order valence-electron chi connectivity index (χ3n) is 4.96. The molecule has 7 heteroatoms. The maximum Gasteiger partial charge on any atom is 0.0466 e. The maximum atomic E-state index is 4.94. The van der Waals surface area contributed by atoms with E-state index in [0.717, 1.165) is 79.3 Å². The molecule has 6 saturated heterocycles. The number of rotatable bonds is 0. The predicted octanol–water partition coefficient (Wildman–Crippen LogP) is 4.40. The molecule has 31 heavy (non-hydrogen) atoms. The molecule has 0 aliphatic carbocycles. The zero-order valence-electron chi connectivity index (χ0n) is 20.4. The van der Waals surface area contributed by atoms with Crippen molar-refractivity contribution in [2.75, 3.05) is 79.3 Å². The van der Waals surface area contributed by atoms with Gasteiger partial charge in [0.25, 0.3) is 0 Å². The summed E-state index contributed by atoms with van der Waals surface area (Å²) < 4.78 is 29.7. The second kappa shape index (κ2) is 28.8. The van der Waals surface area contributed by atoms with Crippen molar-refractivity contribution in [3.63, 3.8) is 0 Å². The molecule has 0 saturated carbocycles. The van der Waals surface area contributed by atoms with Crippen LogP contribution in [0.25, 0.3) is 0 Å². The van der Waals surface area contributed by atoms with Crippen LogP contribution in [0.15, 0.2) is 0 Å². The minimum Gasteiger partial charge on any atom is -0.381 e. The molecule has 6 aliphatic rings. The molecular formula is C24H48NaO6. The Morgan fingerprint density at radius 2 is 0.290 bits per heavy atom. The summed E-state index contributed by atoms with van der Waals surface area (Å²) in [5, 5.41) is 0. The topological polar surface area (TPSA) is 55.4 Å². The van der Waals surface area contributed by atoms with Crippen molar-refractivity contribution in [1.82, 2.24) is 0 Å². The van der Waals surface area contributed by atoms with E-state index < -0.39 is 0 Å². The first-order valence-corrected chi connectivity index (χ1v) is 12.5. The molecule has 0 spiro atoms. The first kappa shape index (κ1) is 31.8. The van der Waals surface area contributed by atoms with E-state index in [1.54, 1.807) is 0 Å². The Bertz CT molecular complexity index is 175. The molecule has 0 aromatic rings. The Hall–Kier alpha value is 0.760. The fourth-order valence-electron chi connectivity index (χ4n) is 3.06. The van der Waals surface area contributed by atoms with Crippen molar-refractivity contribution in [3.8, 4) is 0 Å². The SMILES string of the molecule is C1CCOC1.C1CCOC1.C1CCOC1.C1CCOC1.C1CCOC1.C1CCOC1.[Na]. The molecule has 1 radical (unpaired) electrons. The van der Waals surface area contributed by atoms with Gasteiger partial charge in [0, 0.05) is 109 Å². The van der Waals surface area contributed by atoms with Crippen LogP contribution in [0.3, 0.4) is 0 Å². The van der Waals surface area contributed by atoms with E-state index in [-0.39, 0.29) is 29.6 Å². The van der Waals surface area contributed by atoms with Crippen LogP contribution in [0.4, 0.5) is 0 Å². The molecular weight excluding hydrogens is 407 g/mol. The second-order valence-corrected chi connectivity index (χ2v) is 7.92. The average molecular weight is 456 g/mol. The van der Waals surface area contributed by atoms with Gasteiger partial charge < -0.3 is 28.4 Å². The minimum absolute atomic E-state index is 0. The zero-order chi connectivity index (χ0) is 21.2. The summed E-state index contributed by atoms with van der Waals surface area (Å²) in [6.07, 6.45) is 15.3. The third kappa shape index (κ3) is 26.9. The van der Waals surface area contributed by atoms with Crippen molar-refractivity contribution in [2.45, 2.75) is 77.0 Å². The van der Waals surface area contributed by atoms with E-state index in [0.29, 0.717) is 0 Å². The molecule has 0 aromatic carbocycles. The largest absolute Gasteiger partial charge is 0.381 e. The van der Waals surface area contributed by atoms with Crippen LogP contribution < -0.4 is 0 Å². The molecule has 181 valence electrons. The van der Waals surface area contributed by atoms with Crippen LogP contribution in [-0.4, -0.2) is 109 Å². The first-order chi connectivity index (χ1) is 15.0. The van der Waals surface area contributed by atoms with Gasteiger partial charge in [-0.05, 0) is 77.0 Å². The normalized spacial score (nSPS) is 23.2. The Kier molecular flexibility index (Phi) is 29.5. The summed E-state index contributed by atoms with van der Waals surface area (Å²) in [5.74, 6) is 0. The van der Waals surface area contributed by atoms with E-state index in [9.17, 15) is 0 Å². The van der Waals surface area contributed by atoms with Gasteiger partial charge in [-0.2, -0.15) is 0 Å². The van der Waals surface area contributed by atoms with Crippen molar-refractivity contribution >= 4 is 29.6 Å². The molecule has 6 fully saturated rings. The molecule has 0 N–H and O–H groups in total. The zero-order valence-corrected chi connectivity index (χ0v) is 22.4. The summed E-state index contributed by atoms with van der Waals surface area (Å²) in [6, 6.07) is 0. The van der Waals surface area contributed by atoms with Crippen LogP contribution in [0.2, 0.25) is 0 Å². The van der Waals surface area contributed by atoms with Crippen LogP contribution in [0.5, 0.6) is 0 Å². The summed E-state index contributed by atoms with van der Waals surface area (Å²) in [5.41, 5.74) is 0. The van der Waals surface area contributed by atoms with E-state index in [1.807, 2.05) is 0 Å². The Labute approximate surface area is 213 Å². The standard InChI is InChI=1S/6C4H8O.Na/c6*1-2-4-5-3-1;/h6*1-4H2;. The Morgan fingerprint density at radius 3 is 0.323 bits per heavy atom. The van der Waals surface area contributed by atoms with Gasteiger partial charge in [-0.15, -0.1) is 0 Å². The van der Waals surface area contributed by atoms with Crippen LogP contribution >= 0.6 is 0 Å². The van der Waals surface area contributed by atoms with Gasteiger partial charge in [0.05, 0.1) is 0 Å². The van der Waals surface area contributed by atoms with Crippen molar-refractivity contribution in [3.05, 3.63) is 0 Å². The molecule has 6 heterocycles. The first-order valence-electron chi connectivity index (χ1n) is 12.5. The van der Waals surface area contributed by atoms with Gasteiger partial charge in [0.1, 0.15) is 0 Å². The van der Waals surface area contributed by atoms with Crippen molar-refractivity contribution < 1.29 is 28.4 Å². The van der Waals surface area contributed by atoms with Gasteiger partial charge >= 0.3 is 0 Å². The van der Waals surface area contributed by atoms with E-state index in [4.69, 9.17) is 28.4 Å². The number of ether oxygens (including phenoxy) is 6. The van der Waals surface area contributed by atoms with Crippen molar-refractivity contribution in [2.24, 2.45) is 0 Å². The molecule has 6 aliphatic heterocycles. The summed E-state index contributed by atoms with van der Waals surface area (Å²) in [7, 11) is 0. The number of hydrogen-bond donors (Lipinski definition) is 0. The van der Waals surface area contributed by atoms with Crippen molar-refractivity contribution in [1.29, 1.82) is 0 Å². The van der Waals surface area contributed by atoms with Gasteiger partial charge in [-0.1, -0.05) is 0 Å². The fourth-order valence-corrected chi connectivity index (χ4v) is 3.06. The summed E-state index contributed by atoms with van der Waals surface area (Å²) >= 11 is 0.